The highest BCUT2D eigenvalue weighted by Crippen LogP contribution is 2.24. The van der Waals surface area contributed by atoms with Crippen molar-refractivity contribution in [2.45, 2.75) is 132 Å². The lowest BCUT2D eigenvalue weighted by Crippen LogP contribution is -2.61. The molecule has 0 bridgehead atoms. The van der Waals surface area contributed by atoms with Crippen LogP contribution in [0.1, 0.15) is 69.4 Å². The number of nitrogens with two attached hydrogens (primary N) is 3. The van der Waals surface area contributed by atoms with E-state index in [-0.39, 0.29) is 75.4 Å². The largest absolute Gasteiger partial charge is 0.508 e. The number of nitrogens with one attached hydrogen (secondary N) is 8. The summed E-state index contributed by atoms with van der Waals surface area (Å²) in [5, 5.41) is 61.3. The van der Waals surface area contributed by atoms with E-state index in [0.29, 0.717) is 36.8 Å². The third kappa shape index (κ3) is 20.7. The van der Waals surface area contributed by atoms with E-state index in [1.807, 2.05) is 0 Å². The van der Waals surface area contributed by atoms with Crippen molar-refractivity contribution >= 4 is 80.7 Å². The van der Waals surface area contributed by atoms with Gasteiger partial charge in [-0.3, -0.25) is 43.2 Å². The van der Waals surface area contributed by atoms with Gasteiger partial charge in [-0.25, -0.2) is 4.79 Å². The number of unbranched alkanes of at least 4 members (excludes halogenated alkanes) is 2. The van der Waals surface area contributed by atoms with Gasteiger partial charge in [0.2, 0.25) is 53.2 Å². The molecule has 78 heavy (non-hydrogen) atoms. The van der Waals surface area contributed by atoms with Gasteiger partial charge in [0.25, 0.3) is 0 Å². The molecule has 28 heteroatoms. The Morgan fingerprint density at radius 2 is 1.32 bits per heavy atom. The lowest BCUT2D eigenvalue weighted by molar-refractivity contribution is -0.142. The number of nitrogens with zero attached hydrogens (tertiary/aromatic N) is 1. The Balaban J connectivity index is 1.74. The van der Waals surface area contributed by atoms with Crippen LogP contribution < -0.4 is 59.7 Å². The van der Waals surface area contributed by atoms with Crippen molar-refractivity contribution in [1.29, 1.82) is 0 Å². The highest BCUT2D eigenvalue weighted by molar-refractivity contribution is 8.76. The average Bonchev–Trinajstić information content (AvgIpc) is 3.91. The molecular weight excluding hydrogens is 1060 g/mol. The standard InChI is InChI=1S/C50H74N12O14S2/c1-28(64)41-49(74)56-33(12-5-7-19-51)43(68)54-24-40(66)62-21-9-14-39(62)48(73)58-36(25-63)45(70)55-34(13-6-8-20-52)44(69)60-37(46(71)57-35(50(75)76)23-30-15-17-31(65)18-16-30)26-77-78-27-38(47(72)61-41)59-42(67)32(53)22-29-10-3-2-4-11-29/h2-4,10-11,15-18,28,32-39,41,63-65H,5-9,12-14,19-27,51-53H2,1H3,(H,54,68)(H,55,70)(H,56,74)(H,57,71)(H,58,73)(H,59,67)(H,60,69)(H,61,72)(H,75,76)/t28-,32+,33+,34+,35+,36+,37+,38+,39+,41+/m1/s1. The van der Waals surface area contributed by atoms with Crippen LogP contribution in [0.3, 0.4) is 0 Å². The van der Waals surface area contributed by atoms with Crippen LogP contribution in [0, 0.1) is 0 Å². The van der Waals surface area contributed by atoms with Gasteiger partial charge in [-0.2, -0.15) is 0 Å². The monoisotopic (exact) mass is 1130 g/mol. The number of phenols is 1. The number of amides is 9. The molecule has 2 aromatic rings. The second kappa shape index (κ2) is 33.0. The normalized spacial score (nSPS) is 23.9. The van der Waals surface area contributed by atoms with E-state index in [2.05, 4.69) is 42.5 Å². The first-order chi connectivity index (χ1) is 37.3. The molecule has 0 spiro atoms. The Hall–Kier alpha value is -6.56. The minimum absolute atomic E-state index is 0.0113. The number of aliphatic hydroxyl groups is 2. The average molecular weight is 1130 g/mol. The molecule has 430 valence electrons. The fraction of sp³-hybridized carbons (Fsp3) is 0.560. The number of phenolic OH excluding ortho intramolecular Hbond substituents is 1. The Morgan fingerprint density at radius 3 is 1.94 bits per heavy atom. The number of carbonyl (C=O) groups excluding carboxylic acids is 9. The molecule has 0 aromatic heterocycles. The van der Waals surface area contributed by atoms with Gasteiger partial charge in [0.1, 0.15) is 54.1 Å². The summed E-state index contributed by atoms with van der Waals surface area (Å²) in [6.45, 7) is 0.146. The van der Waals surface area contributed by atoms with Crippen LogP contribution in [0.15, 0.2) is 54.6 Å². The van der Waals surface area contributed by atoms with Gasteiger partial charge in [-0.05, 0) is 101 Å². The van der Waals surface area contributed by atoms with Gasteiger partial charge in [-0.1, -0.05) is 64.1 Å². The van der Waals surface area contributed by atoms with Crippen molar-refractivity contribution in [2.75, 3.05) is 44.3 Å². The summed E-state index contributed by atoms with van der Waals surface area (Å²) in [6, 6.07) is 1.24. The molecule has 4 rings (SSSR count). The van der Waals surface area contributed by atoms with Crippen LogP contribution in [-0.4, -0.2) is 189 Å². The van der Waals surface area contributed by atoms with Gasteiger partial charge in [0, 0.05) is 24.5 Å². The SMILES string of the molecule is C[C@@H](O)[C@@H]1NC(=O)[C@@H](NC(=O)[C@@H](N)Cc2ccccc2)CSSC[C@@H](C(=O)N[C@@H](Cc2ccc(O)cc2)C(=O)O)NC(=O)[C@H](CCCCN)NC(=O)[C@H](CO)NC(=O)[C@@H]2CCCN2C(=O)CNC(=O)[C@H](CCCCN)NC1=O. The Bertz CT molecular complexity index is 2360. The van der Waals surface area contributed by atoms with Crippen LogP contribution in [0.25, 0.3) is 0 Å². The quantitative estimate of drug-likeness (QED) is 0.0472. The topological polar surface area (TPSA) is 429 Å². The summed E-state index contributed by atoms with van der Waals surface area (Å²) in [5.74, 6) is -10.2. The van der Waals surface area contributed by atoms with E-state index in [4.69, 9.17) is 17.2 Å². The Kier molecular flexibility index (Phi) is 27.1. The fourth-order valence-electron chi connectivity index (χ4n) is 8.35. The summed E-state index contributed by atoms with van der Waals surface area (Å²) in [5.41, 5.74) is 18.9. The molecular formula is C50H74N12O14S2. The number of hydrogen-bond acceptors (Lipinski definition) is 18. The molecule has 0 aliphatic carbocycles. The minimum Gasteiger partial charge on any atom is -0.508 e. The number of carboxylic acids is 1. The summed E-state index contributed by atoms with van der Waals surface area (Å²) in [7, 11) is 1.81. The summed E-state index contributed by atoms with van der Waals surface area (Å²) < 4.78 is 0. The van der Waals surface area contributed by atoms with Crippen LogP contribution in [0.2, 0.25) is 0 Å². The molecule has 26 nitrogen and oxygen atoms in total. The smallest absolute Gasteiger partial charge is 0.326 e. The number of carbonyl (C=O) groups is 10. The molecule has 2 aliphatic heterocycles. The number of hydrogen-bond donors (Lipinski definition) is 15. The molecule has 10 atom stereocenters. The first kappa shape index (κ1) is 64.0. The minimum atomic E-state index is -1.73. The van der Waals surface area contributed by atoms with Crippen molar-refractivity contribution in [2.24, 2.45) is 17.2 Å². The van der Waals surface area contributed by atoms with Crippen LogP contribution in [0.4, 0.5) is 0 Å². The maximum absolute atomic E-state index is 14.3. The van der Waals surface area contributed by atoms with Gasteiger partial charge < -0.3 is 85.1 Å². The summed E-state index contributed by atoms with van der Waals surface area (Å²) >= 11 is 0. The molecule has 9 amide bonds. The number of aliphatic hydroxyl groups excluding tert-OH is 2. The van der Waals surface area contributed by atoms with Crippen molar-refractivity contribution < 1.29 is 68.4 Å². The van der Waals surface area contributed by atoms with Crippen LogP contribution in [-0.2, 0) is 60.8 Å². The van der Waals surface area contributed by atoms with E-state index in [1.165, 1.54) is 36.1 Å². The molecule has 0 saturated carbocycles. The van der Waals surface area contributed by atoms with Crippen LogP contribution in [0.5, 0.6) is 5.75 Å². The number of benzene rings is 2. The second-order valence-corrected chi connectivity index (χ2v) is 21.4. The summed E-state index contributed by atoms with van der Waals surface area (Å²) in [4.78, 5) is 139. The van der Waals surface area contributed by atoms with Crippen molar-refractivity contribution in [3.63, 3.8) is 0 Å². The van der Waals surface area contributed by atoms with Crippen molar-refractivity contribution in [3.8, 4) is 5.75 Å². The van der Waals surface area contributed by atoms with Gasteiger partial charge in [0.15, 0.2) is 0 Å². The van der Waals surface area contributed by atoms with Crippen molar-refractivity contribution in [1.82, 2.24) is 47.4 Å². The third-order valence-electron chi connectivity index (χ3n) is 12.8. The van der Waals surface area contributed by atoms with Gasteiger partial charge in [0.05, 0.1) is 25.3 Å². The number of fused-ring (bicyclic) bond motifs is 1. The lowest BCUT2D eigenvalue weighted by Gasteiger charge is -2.28. The number of rotatable bonds is 19. The highest BCUT2D eigenvalue weighted by Gasteiger charge is 2.38. The van der Waals surface area contributed by atoms with Gasteiger partial charge in [-0.15, -0.1) is 0 Å². The first-order valence-corrected chi connectivity index (χ1v) is 28.2. The van der Waals surface area contributed by atoms with Crippen LogP contribution >= 0.6 is 21.6 Å². The highest BCUT2D eigenvalue weighted by atomic mass is 33.1. The maximum atomic E-state index is 14.3. The predicted octanol–water partition coefficient (Wildman–Crippen LogP) is -3.88. The molecule has 2 aromatic carbocycles. The zero-order valence-electron chi connectivity index (χ0n) is 43.4. The fourth-order valence-corrected chi connectivity index (χ4v) is 10.7. The molecule has 2 fully saturated rings. The van der Waals surface area contributed by atoms with Crippen molar-refractivity contribution in [3.05, 3.63) is 65.7 Å². The third-order valence-corrected chi connectivity index (χ3v) is 15.2. The summed E-state index contributed by atoms with van der Waals surface area (Å²) in [6.07, 6.45) is 0.0828. The van der Waals surface area contributed by atoms with E-state index >= 15 is 0 Å². The Labute approximate surface area is 459 Å². The molecule has 18 N–H and O–H groups in total. The molecule has 2 aliphatic rings. The zero-order valence-corrected chi connectivity index (χ0v) is 45.0. The second-order valence-electron chi connectivity index (χ2n) is 18.9. The molecule has 0 unspecified atom stereocenters. The first-order valence-electron chi connectivity index (χ1n) is 25.7. The zero-order chi connectivity index (χ0) is 57.3. The maximum Gasteiger partial charge on any atom is 0.326 e. The van der Waals surface area contributed by atoms with E-state index in [0.717, 1.165) is 21.6 Å². The number of carboxylic acid groups (broad SMARTS) is 1. The van der Waals surface area contributed by atoms with Gasteiger partial charge >= 0.3 is 5.97 Å². The number of aliphatic carboxylic acids is 1. The van der Waals surface area contributed by atoms with E-state index < -0.39 is 133 Å². The molecule has 2 heterocycles. The number of aromatic hydroxyl groups is 1. The van der Waals surface area contributed by atoms with E-state index in [9.17, 15) is 68.4 Å². The Morgan fingerprint density at radius 1 is 0.731 bits per heavy atom. The molecule has 2 saturated heterocycles. The van der Waals surface area contributed by atoms with E-state index in [1.54, 1.807) is 30.3 Å². The predicted molar refractivity (Wildman–Crippen MR) is 288 cm³/mol. The lowest BCUT2D eigenvalue weighted by atomic mass is 10.0. The molecule has 0 radical (unpaired) electrons.